The number of para-hydroxylation sites is 9. The van der Waals surface area contributed by atoms with Crippen molar-refractivity contribution in [3.05, 3.63) is 156 Å². The monoisotopic (exact) mass is 1030 g/mol. The molecule has 0 aliphatic heterocycles. The summed E-state index contributed by atoms with van der Waals surface area (Å²) in [6.07, 6.45) is 0. The van der Waals surface area contributed by atoms with Crippen LogP contribution in [0.25, 0.3) is 102 Å². The van der Waals surface area contributed by atoms with Crippen molar-refractivity contribution in [2.24, 2.45) is 0 Å². The Labute approximate surface area is 433 Å². The van der Waals surface area contributed by atoms with E-state index in [-0.39, 0.29) is 57.4 Å². The molecule has 6 aromatic heterocycles. The highest BCUT2D eigenvalue weighted by Gasteiger charge is 2.22. The molecule has 0 atom stereocenters. The highest BCUT2D eigenvalue weighted by molar-refractivity contribution is 6.32. The first-order valence-electron chi connectivity index (χ1n) is 22.4. The van der Waals surface area contributed by atoms with Crippen molar-refractivity contribution in [3.63, 3.8) is 0 Å². The minimum absolute atomic E-state index is 0.154. The van der Waals surface area contributed by atoms with Gasteiger partial charge in [-0.15, -0.1) is 30.6 Å². The van der Waals surface area contributed by atoms with Gasteiger partial charge in [0, 0.05) is 19.5 Å². The van der Waals surface area contributed by atoms with E-state index in [1.54, 1.807) is 48.5 Å². The van der Waals surface area contributed by atoms with Crippen LogP contribution in [0.5, 0.6) is 0 Å². The van der Waals surface area contributed by atoms with Crippen LogP contribution in [0.4, 0.5) is 22.9 Å². The van der Waals surface area contributed by atoms with E-state index in [1.165, 1.54) is 13.8 Å². The molecule has 0 saturated carbocycles. The molecule has 0 aliphatic rings. The number of benzene rings is 6. The van der Waals surface area contributed by atoms with Gasteiger partial charge in [-0.3, -0.25) is 9.59 Å². The Bertz CT molecular complexity index is 3910. The van der Waals surface area contributed by atoms with Crippen LogP contribution < -0.4 is 22.1 Å². The van der Waals surface area contributed by atoms with E-state index in [0.717, 1.165) is 0 Å². The van der Waals surface area contributed by atoms with Crippen molar-refractivity contribution in [1.82, 2.24) is 60.5 Å². The minimum Gasteiger partial charge on any atom is -0.414 e. The van der Waals surface area contributed by atoms with Gasteiger partial charge in [0.2, 0.25) is 29.5 Å². The molecule has 0 aliphatic carbocycles. The first-order valence-corrected chi connectivity index (χ1v) is 23.2. The fraction of sp³-hybridized carbons (Fsp3) is 0.0385. The summed E-state index contributed by atoms with van der Waals surface area (Å²) in [6, 6.07) is 43.7. The standard InChI is InChI=1S/C18H12ClN5O2.C18H14N6O2.C16H10ClN5O/c2*1-10(25)20-12-7-3-2-6-11(12)17-23-24-18(26-17)15-16(19)22-14-9-5-4-8-13(14)21-15;17-14-13(19-11-7-3-4-8-12(11)20-14)16-22-21-15(23-16)9-5-1-2-6-10(9)18/h2-9H,1H3,(H,20,25);2-9H,1H3,(H2,19,22)(H,20,25);1-8H,18H2. The predicted molar refractivity (Wildman–Crippen MR) is 282 cm³/mol. The number of carbonyl (C=O) groups is 2. The molecule has 0 spiro atoms. The van der Waals surface area contributed by atoms with Crippen molar-refractivity contribution in [2.75, 3.05) is 22.1 Å². The Kier molecular flexibility index (Phi) is 13.8. The number of fused-ring (bicyclic) bond motifs is 3. The van der Waals surface area contributed by atoms with Crippen LogP contribution in [0, 0.1) is 0 Å². The summed E-state index contributed by atoms with van der Waals surface area (Å²) in [5.74, 6) is 1.13. The van der Waals surface area contributed by atoms with E-state index in [4.69, 9.17) is 47.9 Å². The summed E-state index contributed by atoms with van der Waals surface area (Å²) < 4.78 is 17.2. The average Bonchev–Trinajstić information content (AvgIpc) is 4.22. The molecule has 6 heterocycles. The molecular weight excluding hydrogens is 1000 g/mol. The summed E-state index contributed by atoms with van der Waals surface area (Å²) in [7, 11) is 0. The van der Waals surface area contributed by atoms with Crippen molar-refractivity contribution >= 4 is 91.0 Å². The third kappa shape index (κ3) is 10.7. The molecule has 0 bridgehead atoms. The highest BCUT2D eigenvalue weighted by atomic mass is 35.5. The van der Waals surface area contributed by atoms with Gasteiger partial charge in [-0.1, -0.05) is 96.0 Å². The molecule has 6 aromatic carbocycles. The highest BCUT2D eigenvalue weighted by Crippen LogP contribution is 2.34. The number of rotatable bonds is 8. The van der Waals surface area contributed by atoms with Crippen LogP contribution in [-0.2, 0) is 9.59 Å². The molecule has 6 N–H and O–H groups in total. The zero-order chi connectivity index (χ0) is 52.0. The number of nitrogen functional groups attached to an aromatic ring is 2. The topological polar surface area (TPSA) is 304 Å². The molecule has 0 radical (unpaired) electrons. The van der Waals surface area contributed by atoms with Gasteiger partial charge in [0.05, 0.1) is 61.2 Å². The van der Waals surface area contributed by atoms with Crippen LogP contribution in [0.2, 0.25) is 10.3 Å². The molecular formula is C52H36Cl2N16O5. The molecule has 21 nitrogen and oxygen atoms in total. The second-order valence-electron chi connectivity index (χ2n) is 15.9. The van der Waals surface area contributed by atoms with Crippen LogP contribution >= 0.6 is 23.2 Å². The maximum Gasteiger partial charge on any atom is 0.270 e. The molecule has 2 amide bonds. The van der Waals surface area contributed by atoms with E-state index in [0.29, 0.717) is 89.8 Å². The van der Waals surface area contributed by atoms with Crippen LogP contribution in [0.1, 0.15) is 13.8 Å². The second kappa shape index (κ2) is 21.3. The quantitative estimate of drug-likeness (QED) is 0.103. The number of aromatic nitrogens is 12. The molecule has 23 heteroatoms. The van der Waals surface area contributed by atoms with Crippen LogP contribution in [-0.4, -0.2) is 72.3 Å². The fourth-order valence-electron chi connectivity index (χ4n) is 7.31. The summed E-state index contributed by atoms with van der Waals surface area (Å²) in [6.45, 7) is 2.86. The first kappa shape index (κ1) is 48.5. The van der Waals surface area contributed by atoms with Crippen molar-refractivity contribution in [1.29, 1.82) is 0 Å². The SMILES string of the molecule is CC(=O)Nc1ccccc1-c1nnc(-c2nc3ccccc3nc2Cl)o1.CC(=O)Nc1ccccc1-c1nnc(-c2nc3ccccc3nc2N)o1.Nc1ccccc1-c1nnc(-c2nc3ccccc3nc2Cl)o1. The van der Waals surface area contributed by atoms with E-state index in [2.05, 4.69) is 71.1 Å². The van der Waals surface area contributed by atoms with Crippen LogP contribution in [0.3, 0.4) is 0 Å². The van der Waals surface area contributed by atoms with Gasteiger partial charge in [-0.25, -0.2) is 29.9 Å². The van der Waals surface area contributed by atoms with Gasteiger partial charge in [-0.05, 0) is 72.8 Å². The lowest BCUT2D eigenvalue weighted by atomic mass is 10.2. The average molecular weight is 1040 g/mol. The van der Waals surface area contributed by atoms with Gasteiger partial charge in [0.25, 0.3) is 17.7 Å². The zero-order valence-corrected chi connectivity index (χ0v) is 40.7. The second-order valence-corrected chi connectivity index (χ2v) is 16.6. The van der Waals surface area contributed by atoms with Gasteiger partial charge in [0.1, 0.15) is 0 Å². The van der Waals surface area contributed by atoms with E-state index in [1.807, 2.05) is 97.1 Å². The molecule has 75 heavy (non-hydrogen) atoms. The summed E-state index contributed by atoms with van der Waals surface area (Å²) in [5, 5.41) is 30.1. The summed E-state index contributed by atoms with van der Waals surface area (Å²) >= 11 is 12.4. The lowest BCUT2D eigenvalue weighted by Crippen LogP contribution is -2.06. The number of hydrogen-bond acceptors (Lipinski definition) is 19. The molecule has 368 valence electrons. The van der Waals surface area contributed by atoms with E-state index in [9.17, 15) is 9.59 Å². The Morgan fingerprint density at radius 3 is 1.11 bits per heavy atom. The lowest BCUT2D eigenvalue weighted by Gasteiger charge is -2.06. The first-order chi connectivity index (χ1) is 36.4. The van der Waals surface area contributed by atoms with Gasteiger partial charge in [-0.2, -0.15) is 0 Å². The van der Waals surface area contributed by atoms with Gasteiger partial charge >= 0.3 is 0 Å². The largest absolute Gasteiger partial charge is 0.414 e. The molecule has 0 unspecified atom stereocenters. The smallest absolute Gasteiger partial charge is 0.270 e. The number of nitrogens with one attached hydrogen (secondary N) is 2. The lowest BCUT2D eigenvalue weighted by molar-refractivity contribution is -0.115. The number of carbonyl (C=O) groups excluding carboxylic acids is 2. The molecule has 0 saturated heterocycles. The third-order valence-electron chi connectivity index (χ3n) is 10.7. The number of hydrogen-bond donors (Lipinski definition) is 4. The summed E-state index contributed by atoms with van der Waals surface area (Å²) in [5.41, 5.74) is 20.6. The third-order valence-corrected chi connectivity index (χ3v) is 11.2. The molecule has 12 aromatic rings. The van der Waals surface area contributed by atoms with E-state index < -0.39 is 0 Å². The Balaban J connectivity index is 0.000000129. The number of amides is 2. The van der Waals surface area contributed by atoms with Crippen LogP contribution in [0.15, 0.2) is 159 Å². The Morgan fingerprint density at radius 2 is 0.693 bits per heavy atom. The summed E-state index contributed by atoms with van der Waals surface area (Å²) in [4.78, 5) is 49.1. The number of nitrogens with zero attached hydrogens (tertiary/aromatic N) is 12. The van der Waals surface area contributed by atoms with Gasteiger partial charge in [0.15, 0.2) is 33.2 Å². The Hall–Kier alpha value is -10.1. The van der Waals surface area contributed by atoms with Crippen molar-refractivity contribution < 1.29 is 22.8 Å². The Morgan fingerprint density at radius 1 is 0.387 bits per heavy atom. The zero-order valence-electron chi connectivity index (χ0n) is 39.2. The normalized spacial score (nSPS) is 10.9. The number of nitrogens with two attached hydrogens (primary N) is 2. The molecule has 12 rings (SSSR count). The molecule has 0 fully saturated rings. The van der Waals surface area contributed by atoms with Crippen molar-refractivity contribution in [3.8, 4) is 69.1 Å². The minimum atomic E-state index is -0.194. The number of halogens is 2. The van der Waals surface area contributed by atoms with Crippen molar-refractivity contribution in [2.45, 2.75) is 13.8 Å². The number of anilines is 4. The maximum atomic E-state index is 11.4. The predicted octanol–water partition coefficient (Wildman–Crippen LogP) is 10.4. The van der Waals surface area contributed by atoms with Gasteiger partial charge < -0.3 is 35.4 Å². The van der Waals surface area contributed by atoms with E-state index >= 15 is 0 Å². The maximum absolute atomic E-state index is 11.4. The fourth-order valence-corrected chi connectivity index (χ4v) is 7.74.